The maximum absolute atomic E-state index is 12.4. The maximum Gasteiger partial charge on any atom is 0.433 e. The van der Waals surface area contributed by atoms with Crippen LogP contribution in [0.25, 0.3) is 11.1 Å². The number of halogens is 3. The van der Waals surface area contributed by atoms with Crippen LogP contribution in [0.15, 0.2) is 36.5 Å². The molecule has 2 aromatic rings. The molecular weight excluding hydrogens is 255 g/mol. The van der Waals surface area contributed by atoms with Gasteiger partial charge in [-0.3, -0.25) is 4.98 Å². The van der Waals surface area contributed by atoms with Gasteiger partial charge in [-0.05, 0) is 29.7 Å². The lowest BCUT2D eigenvalue weighted by Crippen LogP contribution is -2.07. The molecule has 1 N–H and O–H groups in total. The highest BCUT2D eigenvalue weighted by molar-refractivity contribution is 5.64. The molecule has 0 bridgehead atoms. The number of aliphatic hydroxyl groups excluding tert-OH is 1. The van der Waals surface area contributed by atoms with E-state index in [0.29, 0.717) is 5.56 Å². The molecule has 1 heterocycles. The smallest absolute Gasteiger partial charge is 0.392 e. The van der Waals surface area contributed by atoms with Crippen molar-refractivity contribution in [1.29, 1.82) is 0 Å². The molecule has 100 valence electrons. The van der Waals surface area contributed by atoms with Gasteiger partial charge in [-0.15, -0.1) is 0 Å². The lowest BCUT2D eigenvalue weighted by atomic mass is 10.0. The van der Waals surface area contributed by atoms with Crippen LogP contribution >= 0.6 is 0 Å². The van der Waals surface area contributed by atoms with Crippen molar-refractivity contribution in [3.63, 3.8) is 0 Å². The highest BCUT2D eigenvalue weighted by Crippen LogP contribution is 2.29. The van der Waals surface area contributed by atoms with E-state index in [-0.39, 0.29) is 6.61 Å². The van der Waals surface area contributed by atoms with E-state index in [0.717, 1.165) is 22.8 Å². The number of aromatic nitrogens is 1. The minimum Gasteiger partial charge on any atom is -0.392 e. The zero-order valence-electron chi connectivity index (χ0n) is 10.2. The number of benzene rings is 1. The van der Waals surface area contributed by atoms with Crippen LogP contribution in [0.2, 0.25) is 0 Å². The summed E-state index contributed by atoms with van der Waals surface area (Å²) in [5, 5.41) is 9.07. The molecule has 0 aliphatic rings. The van der Waals surface area contributed by atoms with Crippen molar-refractivity contribution in [1.82, 2.24) is 4.98 Å². The van der Waals surface area contributed by atoms with Crippen LogP contribution in [0, 0.1) is 6.92 Å². The molecule has 0 aliphatic heterocycles. The van der Waals surface area contributed by atoms with Crippen molar-refractivity contribution in [3.05, 3.63) is 53.3 Å². The fourth-order valence-corrected chi connectivity index (χ4v) is 1.79. The minimum absolute atomic E-state index is 0.0582. The third-order valence-electron chi connectivity index (χ3n) is 2.90. The van der Waals surface area contributed by atoms with Crippen LogP contribution < -0.4 is 0 Å². The molecular formula is C14H12F3NO. The molecule has 0 unspecified atom stereocenters. The molecule has 1 aromatic carbocycles. The fraction of sp³-hybridized carbons (Fsp3) is 0.214. The van der Waals surface area contributed by atoms with Gasteiger partial charge in [-0.2, -0.15) is 13.2 Å². The quantitative estimate of drug-likeness (QED) is 0.902. The van der Waals surface area contributed by atoms with E-state index in [1.165, 1.54) is 12.3 Å². The third kappa shape index (κ3) is 2.93. The highest BCUT2D eigenvalue weighted by atomic mass is 19.4. The molecule has 2 rings (SSSR count). The lowest BCUT2D eigenvalue weighted by Gasteiger charge is -2.08. The van der Waals surface area contributed by atoms with Gasteiger partial charge in [0.05, 0.1) is 6.61 Å². The van der Waals surface area contributed by atoms with Crippen molar-refractivity contribution in [2.75, 3.05) is 0 Å². The van der Waals surface area contributed by atoms with Gasteiger partial charge in [0.1, 0.15) is 5.69 Å². The second-order valence-electron chi connectivity index (χ2n) is 4.23. The highest BCUT2D eigenvalue weighted by Gasteiger charge is 2.32. The van der Waals surface area contributed by atoms with Crippen LogP contribution in [0.3, 0.4) is 0 Å². The summed E-state index contributed by atoms with van der Waals surface area (Å²) in [6.07, 6.45) is -3.22. The van der Waals surface area contributed by atoms with Gasteiger partial charge in [0.25, 0.3) is 0 Å². The Morgan fingerprint density at radius 1 is 1.11 bits per heavy atom. The molecule has 0 aliphatic carbocycles. The van der Waals surface area contributed by atoms with E-state index < -0.39 is 11.9 Å². The van der Waals surface area contributed by atoms with E-state index in [9.17, 15) is 13.2 Å². The molecule has 0 radical (unpaired) electrons. The van der Waals surface area contributed by atoms with Crippen LogP contribution in [-0.4, -0.2) is 10.1 Å². The normalized spacial score (nSPS) is 11.6. The van der Waals surface area contributed by atoms with Gasteiger partial charge in [0, 0.05) is 11.8 Å². The number of pyridine rings is 1. The molecule has 0 atom stereocenters. The van der Waals surface area contributed by atoms with E-state index in [2.05, 4.69) is 4.98 Å². The standard InChI is InChI=1S/C14H12F3NO/c1-9-6-10(2-3-12(9)8-19)11-4-5-13(18-7-11)14(15,16)17/h2-7,19H,8H2,1H3. The molecule has 1 aromatic heterocycles. The molecule has 2 nitrogen and oxygen atoms in total. The summed E-state index contributed by atoms with van der Waals surface area (Å²) in [6, 6.07) is 7.68. The van der Waals surface area contributed by atoms with Crippen LogP contribution in [0.5, 0.6) is 0 Å². The van der Waals surface area contributed by atoms with Gasteiger partial charge in [-0.1, -0.05) is 24.3 Å². The summed E-state index contributed by atoms with van der Waals surface area (Å²) in [5.41, 5.74) is 2.17. The van der Waals surface area contributed by atoms with Gasteiger partial charge >= 0.3 is 6.18 Å². The van der Waals surface area contributed by atoms with Crippen LogP contribution in [0.1, 0.15) is 16.8 Å². The van der Waals surface area contributed by atoms with Gasteiger partial charge in [0.2, 0.25) is 0 Å². The molecule has 5 heteroatoms. The zero-order valence-corrected chi connectivity index (χ0v) is 10.2. The fourth-order valence-electron chi connectivity index (χ4n) is 1.79. The zero-order chi connectivity index (χ0) is 14.0. The molecule has 0 saturated heterocycles. The Morgan fingerprint density at radius 2 is 1.79 bits per heavy atom. The lowest BCUT2D eigenvalue weighted by molar-refractivity contribution is -0.141. The first kappa shape index (κ1) is 13.5. The van der Waals surface area contributed by atoms with Crippen LogP contribution in [0.4, 0.5) is 13.2 Å². The number of hydrogen-bond donors (Lipinski definition) is 1. The van der Waals surface area contributed by atoms with Crippen molar-refractivity contribution in [3.8, 4) is 11.1 Å². The second-order valence-corrected chi connectivity index (χ2v) is 4.23. The monoisotopic (exact) mass is 267 g/mol. The Hall–Kier alpha value is -1.88. The Labute approximate surface area is 108 Å². The maximum atomic E-state index is 12.4. The van der Waals surface area contributed by atoms with Crippen LogP contribution in [-0.2, 0) is 12.8 Å². The van der Waals surface area contributed by atoms with E-state index in [4.69, 9.17) is 5.11 Å². The minimum atomic E-state index is -4.42. The van der Waals surface area contributed by atoms with Crippen molar-refractivity contribution in [2.45, 2.75) is 19.7 Å². The Morgan fingerprint density at radius 3 is 2.26 bits per heavy atom. The summed E-state index contributed by atoms with van der Waals surface area (Å²) in [5.74, 6) is 0. The predicted octanol–water partition coefficient (Wildman–Crippen LogP) is 3.57. The SMILES string of the molecule is Cc1cc(-c2ccc(C(F)(F)F)nc2)ccc1CO. The first-order valence-electron chi connectivity index (χ1n) is 5.66. The van der Waals surface area contributed by atoms with Gasteiger partial charge in [-0.25, -0.2) is 0 Å². The van der Waals surface area contributed by atoms with Crippen molar-refractivity contribution < 1.29 is 18.3 Å². The topological polar surface area (TPSA) is 33.1 Å². The summed E-state index contributed by atoms with van der Waals surface area (Å²) in [4.78, 5) is 3.42. The molecule has 0 spiro atoms. The Kier molecular flexibility index (Phi) is 3.57. The van der Waals surface area contributed by atoms with E-state index in [1.807, 2.05) is 13.0 Å². The van der Waals surface area contributed by atoms with Crippen molar-refractivity contribution >= 4 is 0 Å². The summed E-state index contributed by atoms with van der Waals surface area (Å²) in [7, 11) is 0. The third-order valence-corrected chi connectivity index (χ3v) is 2.90. The van der Waals surface area contributed by atoms with Crippen molar-refractivity contribution in [2.24, 2.45) is 0 Å². The predicted molar refractivity (Wildman–Crippen MR) is 65.3 cm³/mol. The van der Waals surface area contributed by atoms with E-state index >= 15 is 0 Å². The summed E-state index contributed by atoms with van der Waals surface area (Å²) < 4.78 is 37.2. The largest absolute Gasteiger partial charge is 0.433 e. The first-order chi connectivity index (χ1) is 8.91. The number of aryl methyl sites for hydroxylation is 1. The van der Waals surface area contributed by atoms with Gasteiger partial charge < -0.3 is 5.11 Å². The number of rotatable bonds is 2. The summed E-state index contributed by atoms with van der Waals surface area (Å²) >= 11 is 0. The number of aliphatic hydroxyl groups is 1. The number of nitrogens with zero attached hydrogens (tertiary/aromatic N) is 1. The molecule has 0 fully saturated rings. The van der Waals surface area contributed by atoms with E-state index in [1.54, 1.807) is 12.1 Å². The number of hydrogen-bond acceptors (Lipinski definition) is 2. The molecule has 19 heavy (non-hydrogen) atoms. The second kappa shape index (κ2) is 5.01. The molecule has 0 saturated carbocycles. The Balaban J connectivity index is 2.35. The average Bonchev–Trinajstić information content (AvgIpc) is 2.38. The Bertz CT molecular complexity index is 576. The first-order valence-corrected chi connectivity index (χ1v) is 5.66. The van der Waals surface area contributed by atoms with Gasteiger partial charge in [0.15, 0.2) is 0 Å². The number of alkyl halides is 3. The average molecular weight is 267 g/mol. The molecule has 0 amide bonds. The summed E-state index contributed by atoms with van der Waals surface area (Å²) in [6.45, 7) is 1.78.